The van der Waals surface area contributed by atoms with E-state index in [1.165, 1.54) is 0 Å². The molecule has 0 amide bonds. The minimum Gasteiger partial charge on any atom is -0.488 e. The van der Waals surface area contributed by atoms with Crippen LogP contribution < -0.4 is 10.2 Å². The molecule has 0 spiro atoms. The molecule has 2 N–H and O–H groups in total. The summed E-state index contributed by atoms with van der Waals surface area (Å²) in [7, 11) is -1.58. The van der Waals surface area contributed by atoms with E-state index in [0.29, 0.717) is 27.3 Å². The Bertz CT molecular complexity index is 578. The van der Waals surface area contributed by atoms with Crippen LogP contribution in [-0.4, -0.2) is 17.2 Å². The number of hydrogen-bond acceptors (Lipinski definition) is 3. The minimum atomic E-state index is -1.58. The van der Waals surface area contributed by atoms with Gasteiger partial charge in [0.05, 0.1) is 4.47 Å². The monoisotopic (exact) mass is 340 g/mol. The van der Waals surface area contributed by atoms with Crippen molar-refractivity contribution in [3.63, 3.8) is 0 Å². The zero-order valence-electron chi connectivity index (χ0n) is 9.88. The SMILES string of the molecule is OB(O)c1cccc(Br)c1OCc1cccc(Cl)c1. The van der Waals surface area contributed by atoms with Crippen LogP contribution in [0.15, 0.2) is 46.9 Å². The molecule has 2 aromatic carbocycles. The summed E-state index contributed by atoms with van der Waals surface area (Å²) in [4.78, 5) is 0. The topological polar surface area (TPSA) is 49.7 Å². The number of hydrogen-bond donors (Lipinski definition) is 2. The standard InChI is InChI=1S/C13H11BBrClO3/c15-12-6-2-5-11(14(17)18)13(12)19-8-9-3-1-4-10(16)7-9/h1-7,17-18H,8H2. The maximum Gasteiger partial charge on any atom is 0.492 e. The highest BCUT2D eigenvalue weighted by Gasteiger charge is 2.19. The van der Waals surface area contributed by atoms with E-state index in [-0.39, 0.29) is 0 Å². The Morgan fingerprint density at radius 2 is 1.89 bits per heavy atom. The molecule has 0 bridgehead atoms. The molecule has 6 heteroatoms. The van der Waals surface area contributed by atoms with E-state index in [2.05, 4.69) is 15.9 Å². The lowest BCUT2D eigenvalue weighted by atomic mass is 9.79. The van der Waals surface area contributed by atoms with Crippen molar-refractivity contribution in [2.75, 3.05) is 0 Å². The smallest absolute Gasteiger partial charge is 0.488 e. The highest BCUT2D eigenvalue weighted by Crippen LogP contribution is 2.24. The van der Waals surface area contributed by atoms with Gasteiger partial charge >= 0.3 is 7.12 Å². The van der Waals surface area contributed by atoms with Gasteiger partial charge in [-0.1, -0.05) is 35.9 Å². The van der Waals surface area contributed by atoms with E-state index in [0.717, 1.165) is 5.56 Å². The molecule has 0 aliphatic rings. The normalized spacial score (nSPS) is 10.3. The zero-order chi connectivity index (χ0) is 13.8. The molecule has 0 aliphatic carbocycles. The first-order chi connectivity index (χ1) is 9.08. The lowest BCUT2D eigenvalue weighted by Crippen LogP contribution is -2.31. The van der Waals surface area contributed by atoms with E-state index in [1.807, 2.05) is 12.1 Å². The van der Waals surface area contributed by atoms with Crippen LogP contribution in [-0.2, 0) is 6.61 Å². The predicted molar refractivity (Wildman–Crippen MR) is 79.8 cm³/mol. The highest BCUT2D eigenvalue weighted by atomic mass is 79.9. The van der Waals surface area contributed by atoms with Gasteiger partial charge in [0.1, 0.15) is 12.4 Å². The van der Waals surface area contributed by atoms with Crippen LogP contribution in [0.3, 0.4) is 0 Å². The molecular formula is C13H11BBrClO3. The summed E-state index contributed by atoms with van der Waals surface area (Å²) in [6, 6.07) is 12.4. The van der Waals surface area contributed by atoms with Crippen molar-refractivity contribution in [1.82, 2.24) is 0 Å². The number of benzene rings is 2. The van der Waals surface area contributed by atoms with Crippen molar-refractivity contribution in [3.8, 4) is 5.75 Å². The molecule has 0 radical (unpaired) electrons. The van der Waals surface area contributed by atoms with Gasteiger partial charge < -0.3 is 14.8 Å². The van der Waals surface area contributed by atoms with Crippen molar-refractivity contribution in [2.24, 2.45) is 0 Å². The molecule has 2 rings (SSSR count). The van der Waals surface area contributed by atoms with Gasteiger partial charge in [0.2, 0.25) is 0 Å². The Hall–Kier alpha value is -1.01. The third-order valence-corrected chi connectivity index (χ3v) is 3.41. The highest BCUT2D eigenvalue weighted by molar-refractivity contribution is 9.10. The lowest BCUT2D eigenvalue weighted by Gasteiger charge is -2.13. The molecule has 19 heavy (non-hydrogen) atoms. The van der Waals surface area contributed by atoms with Crippen LogP contribution in [0.25, 0.3) is 0 Å². The van der Waals surface area contributed by atoms with Crippen molar-refractivity contribution >= 4 is 40.1 Å². The molecule has 0 aliphatic heterocycles. The quantitative estimate of drug-likeness (QED) is 0.840. The maximum absolute atomic E-state index is 9.30. The molecule has 0 fully saturated rings. The van der Waals surface area contributed by atoms with Crippen molar-refractivity contribution < 1.29 is 14.8 Å². The second-order valence-corrected chi connectivity index (χ2v) is 5.24. The molecule has 0 aromatic heterocycles. The molecule has 0 heterocycles. The van der Waals surface area contributed by atoms with Gasteiger partial charge in [0, 0.05) is 10.5 Å². The van der Waals surface area contributed by atoms with Crippen molar-refractivity contribution in [3.05, 3.63) is 57.5 Å². The van der Waals surface area contributed by atoms with E-state index < -0.39 is 7.12 Å². The van der Waals surface area contributed by atoms with E-state index >= 15 is 0 Å². The van der Waals surface area contributed by atoms with Gasteiger partial charge in [-0.3, -0.25) is 0 Å². The van der Waals surface area contributed by atoms with Gasteiger partial charge in [-0.05, 0) is 39.7 Å². The van der Waals surface area contributed by atoms with Gasteiger partial charge in [-0.2, -0.15) is 0 Å². The summed E-state index contributed by atoms with van der Waals surface area (Å²) in [5.41, 5.74) is 1.22. The first-order valence-corrected chi connectivity index (χ1v) is 6.77. The average Bonchev–Trinajstić information content (AvgIpc) is 2.37. The van der Waals surface area contributed by atoms with E-state index in [9.17, 15) is 10.0 Å². The predicted octanol–water partition coefficient (Wildman–Crippen LogP) is 2.36. The van der Waals surface area contributed by atoms with Crippen LogP contribution in [0.2, 0.25) is 5.02 Å². The van der Waals surface area contributed by atoms with Crippen LogP contribution in [0.5, 0.6) is 5.75 Å². The Kier molecular flexibility index (Phi) is 4.88. The summed E-state index contributed by atoms with van der Waals surface area (Å²) in [6.07, 6.45) is 0. The molecule has 3 nitrogen and oxygen atoms in total. The maximum atomic E-state index is 9.30. The fourth-order valence-corrected chi connectivity index (χ4v) is 2.37. The van der Waals surface area contributed by atoms with Gasteiger partial charge in [0.15, 0.2) is 0 Å². The van der Waals surface area contributed by atoms with Crippen molar-refractivity contribution in [2.45, 2.75) is 6.61 Å². The first-order valence-electron chi connectivity index (χ1n) is 5.59. The minimum absolute atomic E-state index is 0.295. The molecular weight excluding hydrogens is 330 g/mol. The summed E-state index contributed by atoms with van der Waals surface area (Å²) in [6.45, 7) is 0.295. The van der Waals surface area contributed by atoms with Crippen LogP contribution in [0.4, 0.5) is 0 Å². The summed E-state index contributed by atoms with van der Waals surface area (Å²) in [5, 5.41) is 19.2. The Balaban J connectivity index is 2.19. The van der Waals surface area contributed by atoms with Gasteiger partial charge in [-0.15, -0.1) is 0 Å². The summed E-state index contributed by atoms with van der Waals surface area (Å²) < 4.78 is 6.31. The lowest BCUT2D eigenvalue weighted by molar-refractivity contribution is 0.305. The van der Waals surface area contributed by atoms with E-state index in [4.69, 9.17) is 16.3 Å². The molecule has 0 atom stereocenters. The molecule has 0 saturated carbocycles. The van der Waals surface area contributed by atoms with Gasteiger partial charge in [0.25, 0.3) is 0 Å². The largest absolute Gasteiger partial charge is 0.492 e. The Labute approximate surface area is 125 Å². The summed E-state index contributed by atoms with van der Waals surface area (Å²) in [5.74, 6) is 0.414. The number of rotatable bonds is 4. The Morgan fingerprint density at radius 1 is 1.16 bits per heavy atom. The molecule has 0 saturated heterocycles. The zero-order valence-corrected chi connectivity index (χ0v) is 12.2. The fraction of sp³-hybridized carbons (Fsp3) is 0.0769. The number of para-hydroxylation sites is 1. The summed E-state index contributed by atoms with van der Waals surface area (Å²) >= 11 is 9.22. The van der Waals surface area contributed by atoms with E-state index in [1.54, 1.807) is 30.3 Å². The van der Waals surface area contributed by atoms with Crippen molar-refractivity contribution in [1.29, 1.82) is 0 Å². The molecule has 0 unspecified atom stereocenters. The third-order valence-electron chi connectivity index (χ3n) is 2.55. The molecule has 98 valence electrons. The van der Waals surface area contributed by atoms with Crippen LogP contribution in [0, 0.1) is 0 Å². The fourth-order valence-electron chi connectivity index (χ4n) is 1.66. The van der Waals surface area contributed by atoms with Crippen LogP contribution in [0.1, 0.15) is 5.56 Å². The number of halogens is 2. The second-order valence-electron chi connectivity index (χ2n) is 3.95. The first kappa shape index (κ1) is 14.4. The number of ether oxygens (including phenoxy) is 1. The average molecular weight is 341 g/mol. The molecule has 2 aromatic rings. The Morgan fingerprint density at radius 3 is 2.58 bits per heavy atom. The third kappa shape index (κ3) is 3.73. The second kappa shape index (κ2) is 6.43. The van der Waals surface area contributed by atoms with Crippen LogP contribution >= 0.6 is 27.5 Å². The van der Waals surface area contributed by atoms with Gasteiger partial charge in [-0.25, -0.2) is 0 Å².